The van der Waals surface area contributed by atoms with E-state index in [4.69, 9.17) is 0 Å². The van der Waals surface area contributed by atoms with Gasteiger partial charge in [-0.2, -0.15) is 0 Å². The fourth-order valence-corrected chi connectivity index (χ4v) is 2.46. The second-order valence-corrected chi connectivity index (χ2v) is 5.05. The van der Waals surface area contributed by atoms with Gasteiger partial charge in [0.15, 0.2) is 0 Å². The Labute approximate surface area is 112 Å². The second kappa shape index (κ2) is 5.93. The summed E-state index contributed by atoms with van der Waals surface area (Å²) in [5, 5.41) is 22.1. The van der Waals surface area contributed by atoms with Gasteiger partial charge < -0.3 is 20.4 Å². The number of hydrogen-bond acceptors (Lipinski definition) is 4. The highest BCUT2D eigenvalue weighted by atomic mass is 16.3. The van der Waals surface area contributed by atoms with E-state index in [1.54, 1.807) is 0 Å². The Balaban J connectivity index is 1.96. The van der Waals surface area contributed by atoms with Crippen molar-refractivity contribution in [1.29, 1.82) is 0 Å². The molecule has 1 amide bonds. The van der Waals surface area contributed by atoms with E-state index in [9.17, 15) is 15.0 Å². The third-order valence-corrected chi connectivity index (χ3v) is 3.36. The van der Waals surface area contributed by atoms with Crippen molar-refractivity contribution >= 4 is 5.91 Å². The molecule has 1 fully saturated rings. The third kappa shape index (κ3) is 3.38. The fourth-order valence-electron chi connectivity index (χ4n) is 2.46. The van der Waals surface area contributed by atoms with Gasteiger partial charge in [-0.05, 0) is 45.0 Å². The van der Waals surface area contributed by atoms with Crippen molar-refractivity contribution < 1.29 is 15.0 Å². The van der Waals surface area contributed by atoms with Crippen molar-refractivity contribution in [2.75, 3.05) is 19.6 Å². The van der Waals surface area contributed by atoms with E-state index in [1.165, 1.54) is 31.0 Å². The molecule has 1 aromatic carbocycles. The molecule has 1 aromatic rings. The number of rotatable bonds is 4. The summed E-state index contributed by atoms with van der Waals surface area (Å²) in [7, 11) is 0. The van der Waals surface area contributed by atoms with Crippen LogP contribution >= 0.6 is 0 Å². The highest BCUT2D eigenvalue weighted by Crippen LogP contribution is 2.26. The lowest BCUT2D eigenvalue weighted by molar-refractivity contribution is 0.0926. The first-order chi connectivity index (χ1) is 9.08. The van der Waals surface area contributed by atoms with Crippen molar-refractivity contribution in [2.45, 2.75) is 25.8 Å². The number of likely N-dealkylation sites (tertiary alicyclic amines) is 1. The minimum absolute atomic E-state index is 0.0235. The van der Waals surface area contributed by atoms with Gasteiger partial charge in [-0.1, -0.05) is 6.07 Å². The van der Waals surface area contributed by atoms with Crippen LogP contribution in [0.2, 0.25) is 0 Å². The number of amides is 1. The number of aromatic hydroxyl groups is 2. The first kappa shape index (κ1) is 13.7. The van der Waals surface area contributed by atoms with E-state index in [0.29, 0.717) is 0 Å². The maximum atomic E-state index is 12.0. The molecule has 3 N–H and O–H groups in total. The van der Waals surface area contributed by atoms with E-state index >= 15 is 0 Å². The molecular formula is C14H20N2O3. The number of nitrogens with zero attached hydrogens (tertiary/aromatic N) is 1. The largest absolute Gasteiger partial charge is 0.507 e. The number of benzene rings is 1. The quantitative estimate of drug-likeness (QED) is 0.766. The summed E-state index contributed by atoms with van der Waals surface area (Å²) in [6.45, 7) is 4.86. The molecule has 1 saturated heterocycles. The predicted octanol–water partition coefficient (Wildman–Crippen LogP) is 1.31. The Morgan fingerprint density at radius 2 is 1.89 bits per heavy atom. The van der Waals surface area contributed by atoms with Gasteiger partial charge in [-0.15, -0.1) is 0 Å². The number of phenols is 2. The van der Waals surface area contributed by atoms with Gasteiger partial charge in [0.2, 0.25) is 0 Å². The molecule has 5 nitrogen and oxygen atoms in total. The zero-order valence-electron chi connectivity index (χ0n) is 11.1. The van der Waals surface area contributed by atoms with Gasteiger partial charge >= 0.3 is 0 Å². The number of hydrogen-bond donors (Lipinski definition) is 3. The monoisotopic (exact) mass is 264 g/mol. The minimum Gasteiger partial charge on any atom is -0.507 e. The Morgan fingerprint density at radius 3 is 2.47 bits per heavy atom. The van der Waals surface area contributed by atoms with Crippen LogP contribution in [0.4, 0.5) is 0 Å². The normalized spacial score (nSPS) is 17.3. The molecule has 0 bridgehead atoms. The van der Waals surface area contributed by atoms with Gasteiger partial charge in [0.05, 0.1) is 0 Å². The predicted molar refractivity (Wildman–Crippen MR) is 72.4 cm³/mol. The van der Waals surface area contributed by atoms with E-state index in [1.807, 2.05) is 6.92 Å². The van der Waals surface area contributed by atoms with Crippen molar-refractivity contribution in [3.8, 4) is 11.5 Å². The van der Waals surface area contributed by atoms with Crippen LogP contribution in [0.3, 0.4) is 0 Å². The second-order valence-electron chi connectivity index (χ2n) is 5.05. The van der Waals surface area contributed by atoms with Crippen LogP contribution in [0.15, 0.2) is 18.2 Å². The molecule has 0 aliphatic carbocycles. The summed E-state index contributed by atoms with van der Waals surface area (Å²) < 4.78 is 0. The molecule has 0 aromatic heterocycles. The zero-order valence-corrected chi connectivity index (χ0v) is 11.1. The third-order valence-electron chi connectivity index (χ3n) is 3.36. The number of phenolic OH excluding ortho intramolecular Hbond substituents is 2. The minimum atomic E-state index is -0.442. The first-order valence-electron chi connectivity index (χ1n) is 6.62. The van der Waals surface area contributed by atoms with E-state index in [-0.39, 0.29) is 23.1 Å². The summed E-state index contributed by atoms with van der Waals surface area (Å²) in [6, 6.07) is 4.25. The van der Waals surface area contributed by atoms with Crippen molar-refractivity contribution in [3.63, 3.8) is 0 Å². The smallest absolute Gasteiger partial charge is 0.259 e. The summed E-state index contributed by atoms with van der Waals surface area (Å²) in [5.41, 5.74) is -0.0595. The molecule has 1 aliphatic heterocycles. The zero-order chi connectivity index (χ0) is 13.8. The van der Waals surface area contributed by atoms with Crippen LogP contribution in [0.1, 0.15) is 30.1 Å². The highest BCUT2D eigenvalue weighted by Gasteiger charge is 2.20. The van der Waals surface area contributed by atoms with Crippen LogP contribution in [0.5, 0.6) is 11.5 Å². The number of carbonyl (C=O) groups excluding carboxylic acids is 1. The summed E-state index contributed by atoms with van der Waals surface area (Å²) in [5.74, 6) is -0.848. The molecule has 104 valence electrons. The lowest BCUT2D eigenvalue weighted by Gasteiger charge is -2.21. The topological polar surface area (TPSA) is 72.8 Å². The molecule has 0 spiro atoms. The molecule has 0 radical (unpaired) electrons. The molecule has 5 heteroatoms. The lowest BCUT2D eigenvalue weighted by Crippen LogP contribution is -2.41. The number of nitrogens with one attached hydrogen (secondary N) is 1. The van der Waals surface area contributed by atoms with Crippen LogP contribution in [0.25, 0.3) is 0 Å². The Kier molecular flexibility index (Phi) is 4.27. The maximum absolute atomic E-state index is 12.0. The highest BCUT2D eigenvalue weighted by molar-refractivity contribution is 5.99. The first-order valence-corrected chi connectivity index (χ1v) is 6.62. The molecule has 2 rings (SSSR count). The van der Waals surface area contributed by atoms with Crippen LogP contribution in [0, 0.1) is 0 Å². The van der Waals surface area contributed by atoms with E-state index < -0.39 is 5.91 Å². The van der Waals surface area contributed by atoms with Gasteiger partial charge in [-0.25, -0.2) is 0 Å². The maximum Gasteiger partial charge on any atom is 0.259 e. The SMILES string of the molecule is CC(CN1CCCC1)NC(=O)c1c(O)cccc1O. The lowest BCUT2D eigenvalue weighted by atomic mass is 10.1. The average Bonchev–Trinajstić information content (AvgIpc) is 2.81. The molecule has 0 saturated carbocycles. The molecule has 1 heterocycles. The van der Waals surface area contributed by atoms with Crippen LogP contribution < -0.4 is 5.32 Å². The average molecular weight is 264 g/mol. The van der Waals surface area contributed by atoms with Crippen molar-refractivity contribution in [2.24, 2.45) is 0 Å². The summed E-state index contributed by atoms with van der Waals surface area (Å²) >= 11 is 0. The van der Waals surface area contributed by atoms with Gasteiger partial charge in [-0.3, -0.25) is 4.79 Å². The molecule has 1 atom stereocenters. The van der Waals surface area contributed by atoms with Crippen molar-refractivity contribution in [3.05, 3.63) is 23.8 Å². The Morgan fingerprint density at radius 1 is 1.32 bits per heavy atom. The number of carbonyl (C=O) groups is 1. The fraction of sp³-hybridized carbons (Fsp3) is 0.500. The standard InChI is InChI=1S/C14H20N2O3/c1-10(9-16-7-2-3-8-16)15-14(19)13-11(17)5-4-6-12(13)18/h4-6,10,17-18H,2-3,7-9H2,1H3,(H,15,19). The van der Waals surface area contributed by atoms with Crippen molar-refractivity contribution in [1.82, 2.24) is 10.2 Å². The van der Waals surface area contributed by atoms with Gasteiger partial charge in [0, 0.05) is 12.6 Å². The molecular weight excluding hydrogens is 244 g/mol. The van der Waals surface area contributed by atoms with Crippen LogP contribution in [-0.4, -0.2) is 46.7 Å². The Bertz CT molecular complexity index is 436. The summed E-state index contributed by atoms with van der Waals surface area (Å²) in [4.78, 5) is 14.3. The van der Waals surface area contributed by atoms with E-state index in [0.717, 1.165) is 19.6 Å². The Hall–Kier alpha value is -1.75. The molecule has 19 heavy (non-hydrogen) atoms. The summed E-state index contributed by atoms with van der Waals surface area (Å²) in [6.07, 6.45) is 2.42. The van der Waals surface area contributed by atoms with Gasteiger partial charge in [0.25, 0.3) is 5.91 Å². The molecule has 1 unspecified atom stereocenters. The van der Waals surface area contributed by atoms with Gasteiger partial charge in [0.1, 0.15) is 17.1 Å². The molecule has 1 aliphatic rings. The van der Waals surface area contributed by atoms with Crippen LogP contribution in [-0.2, 0) is 0 Å². The van der Waals surface area contributed by atoms with E-state index in [2.05, 4.69) is 10.2 Å².